The fourth-order valence-electron chi connectivity index (χ4n) is 2.87. The van der Waals surface area contributed by atoms with Crippen LogP contribution in [0.1, 0.15) is 13.8 Å². The Morgan fingerprint density at radius 2 is 1.66 bits per heavy atom. The molecule has 0 unspecified atom stereocenters. The molecule has 1 fully saturated rings. The highest BCUT2D eigenvalue weighted by Gasteiger charge is 2.45. The molecule has 1 aliphatic heterocycles. The van der Waals surface area contributed by atoms with Crippen LogP contribution in [0, 0.1) is 0 Å². The van der Waals surface area contributed by atoms with Crippen LogP contribution in [0.15, 0.2) is 0 Å². The van der Waals surface area contributed by atoms with Crippen molar-refractivity contribution >= 4 is 11.8 Å². The number of amides is 2. The number of carbonyl (C=O) groups excluding carboxylic acids is 2. The zero-order chi connectivity index (χ0) is 22.3. The Hall–Kier alpha value is -1.42. The molecule has 9 atom stereocenters. The predicted molar refractivity (Wildman–Crippen MR) is 94.0 cm³/mol. The second-order valence-corrected chi connectivity index (χ2v) is 6.80. The Kier molecular flexibility index (Phi) is 10.3. The van der Waals surface area contributed by atoms with Gasteiger partial charge in [-0.05, 0) is 0 Å². The number of aliphatic hydroxyl groups excluding tert-OH is 7. The highest BCUT2D eigenvalue weighted by Crippen LogP contribution is 2.22. The molecule has 0 aliphatic carbocycles. The van der Waals surface area contributed by atoms with E-state index in [0.717, 1.165) is 13.8 Å². The van der Waals surface area contributed by atoms with Gasteiger partial charge in [-0.3, -0.25) is 9.59 Å². The molecule has 1 saturated heterocycles. The lowest BCUT2D eigenvalue weighted by Gasteiger charge is -2.42. The van der Waals surface area contributed by atoms with E-state index >= 15 is 0 Å². The molecule has 29 heavy (non-hydrogen) atoms. The monoisotopic (exact) mass is 426 g/mol. The number of nitrogens with one attached hydrogen (secondary N) is 2. The van der Waals surface area contributed by atoms with Gasteiger partial charge in [0.1, 0.15) is 42.7 Å². The van der Waals surface area contributed by atoms with Gasteiger partial charge in [-0.15, -0.1) is 0 Å². The zero-order valence-corrected chi connectivity index (χ0v) is 16.1. The molecule has 13 heteroatoms. The Bertz CT molecular complexity index is 537. The van der Waals surface area contributed by atoms with Crippen molar-refractivity contribution in [3.05, 3.63) is 0 Å². The van der Waals surface area contributed by atoms with Gasteiger partial charge >= 0.3 is 0 Å². The molecule has 1 aliphatic rings. The molecule has 0 bridgehead atoms. The summed E-state index contributed by atoms with van der Waals surface area (Å²) in [5.41, 5.74) is 0. The molecule has 170 valence electrons. The summed E-state index contributed by atoms with van der Waals surface area (Å²) in [5, 5.41) is 73.2. The van der Waals surface area contributed by atoms with E-state index in [1.54, 1.807) is 0 Å². The minimum absolute atomic E-state index is 0.571. The summed E-state index contributed by atoms with van der Waals surface area (Å²) in [6, 6.07) is -2.49. The number of rotatable bonds is 10. The van der Waals surface area contributed by atoms with E-state index in [4.69, 9.17) is 9.47 Å². The maximum Gasteiger partial charge on any atom is 0.217 e. The average molecular weight is 426 g/mol. The second kappa shape index (κ2) is 11.7. The van der Waals surface area contributed by atoms with E-state index in [0.29, 0.717) is 0 Å². The first-order chi connectivity index (χ1) is 13.5. The molecule has 2 amide bonds. The van der Waals surface area contributed by atoms with Gasteiger partial charge in [0.05, 0.1) is 25.9 Å². The lowest BCUT2D eigenvalue weighted by molar-refractivity contribution is -0.277. The smallest absolute Gasteiger partial charge is 0.217 e. The molecular formula is C16H30N2O11. The van der Waals surface area contributed by atoms with Crippen molar-refractivity contribution in [2.24, 2.45) is 0 Å². The first-order valence-electron chi connectivity index (χ1n) is 8.96. The molecular weight excluding hydrogens is 396 g/mol. The summed E-state index contributed by atoms with van der Waals surface area (Å²) in [4.78, 5) is 22.4. The zero-order valence-electron chi connectivity index (χ0n) is 16.1. The van der Waals surface area contributed by atoms with Gasteiger partial charge in [-0.2, -0.15) is 0 Å². The van der Waals surface area contributed by atoms with Crippen molar-refractivity contribution in [1.29, 1.82) is 0 Å². The summed E-state index contributed by atoms with van der Waals surface area (Å²) in [6.45, 7) is 0.271. The summed E-state index contributed by atoms with van der Waals surface area (Å²) < 4.78 is 10.6. The van der Waals surface area contributed by atoms with Crippen LogP contribution in [0.2, 0.25) is 0 Å². The van der Waals surface area contributed by atoms with Crippen LogP contribution >= 0.6 is 0 Å². The molecule has 0 aromatic heterocycles. The molecule has 9 N–H and O–H groups in total. The van der Waals surface area contributed by atoms with Gasteiger partial charge in [-0.25, -0.2) is 0 Å². The van der Waals surface area contributed by atoms with Crippen LogP contribution in [-0.4, -0.2) is 122 Å². The van der Waals surface area contributed by atoms with E-state index in [2.05, 4.69) is 10.6 Å². The summed E-state index contributed by atoms with van der Waals surface area (Å²) in [5.74, 6) is -1.14. The molecule has 1 rings (SSSR count). The van der Waals surface area contributed by atoms with E-state index in [9.17, 15) is 45.3 Å². The van der Waals surface area contributed by atoms with Crippen molar-refractivity contribution < 1.29 is 54.8 Å². The SMILES string of the molecule is CC(=O)N[C@H]1[C@@H](OC[C@@H](O)[C@H](O)[C@H](O)[C@H](CO)NC(C)=O)O[C@H](CO)[C@H](O)[C@@H]1O. The third-order valence-electron chi connectivity index (χ3n) is 4.42. The minimum atomic E-state index is -1.84. The Labute approximate surface area is 166 Å². The Balaban J connectivity index is 2.77. The fourth-order valence-corrected chi connectivity index (χ4v) is 2.87. The van der Waals surface area contributed by atoms with Crippen LogP contribution < -0.4 is 10.6 Å². The number of carbonyl (C=O) groups is 2. The quantitative estimate of drug-likeness (QED) is 0.160. The summed E-state index contributed by atoms with van der Waals surface area (Å²) in [7, 11) is 0. The third-order valence-corrected chi connectivity index (χ3v) is 4.42. The number of ether oxygens (including phenoxy) is 2. The molecule has 13 nitrogen and oxygen atoms in total. The predicted octanol–water partition coefficient (Wildman–Crippen LogP) is -5.47. The number of hydrogen-bond acceptors (Lipinski definition) is 11. The van der Waals surface area contributed by atoms with Gasteiger partial charge in [0.2, 0.25) is 11.8 Å². The van der Waals surface area contributed by atoms with Crippen LogP contribution in [0.25, 0.3) is 0 Å². The Morgan fingerprint density at radius 1 is 1.03 bits per heavy atom. The maximum atomic E-state index is 11.3. The molecule has 0 spiro atoms. The van der Waals surface area contributed by atoms with E-state index in [1.807, 2.05) is 0 Å². The highest BCUT2D eigenvalue weighted by molar-refractivity contribution is 5.73. The lowest BCUT2D eigenvalue weighted by atomic mass is 9.97. The second-order valence-electron chi connectivity index (χ2n) is 6.80. The third kappa shape index (κ3) is 7.09. The summed E-state index contributed by atoms with van der Waals surface area (Å²) >= 11 is 0. The molecule has 0 aromatic rings. The largest absolute Gasteiger partial charge is 0.394 e. The van der Waals surface area contributed by atoms with Gasteiger partial charge in [0.25, 0.3) is 0 Å². The van der Waals surface area contributed by atoms with Crippen molar-refractivity contribution in [1.82, 2.24) is 10.6 Å². The topological polar surface area (TPSA) is 218 Å². The minimum Gasteiger partial charge on any atom is -0.394 e. The first-order valence-corrected chi connectivity index (χ1v) is 8.96. The van der Waals surface area contributed by atoms with Crippen molar-refractivity contribution in [2.45, 2.75) is 68.8 Å². The standard InChI is InChI=1S/C16H30N2O11/c1-6(21)17-8(3-19)12(24)13(25)9(23)5-28-16-11(18-7(2)22)15(27)14(26)10(4-20)29-16/h8-16,19-20,23-27H,3-5H2,1-2H3,(H,17,21)(H,18,22)/t8-,9+,10+,11+,12+,13-,14-,15+,16-/m0/s1. The van der Waals surface area contributed by atoms with Crippen LogP contribution in [-0.2, 0) is 19.1 Å². The number of hydrogen-bond donors (Lipinski definition) is 9. The average Bonchev–Trinajstić information content (AvgIpc) is 2.67. The number of aliphatic hydroxyl groups is 7. The van der Waals surface area contributed by atoms with Gasteiger partial charge < -0.3 is 55.9 Å². The van der Waals surface area contributed by atoms with Gasteiger partial charge in [0, 0.05) is 13.8 Å². The van der Waals surface area contributed by atoms with Crippen LogP contribution in [0.5, 0.6) is 0 Å². The van der Waals surface area contributed by atoms with Gasteiger partial charge in [0.15, 0.2) is 6.29 Å². The maximum absolute atomic E-state index is 11.3. The molecule has 1 heterocycles. The summed E-state index contributed by atoms with van der Waals surface area (Å²) in [6.07, 6.45) is -11.0. The lowest BCUT2D eigenvalue weighted by Crippen LogP contribution is -2.65. The molecule has 0 saturated carbocycles. The van der Waals surface area contributed by atoms with E-state index < -0.39 is 86.6 Å². The normalized spacial score (nSPS) is 31.4. The highest BCUT2D eigenvalue weighted by atomic mass is 16.7. The first kappa shape index (κ1) is 25.6. The van der Waals surface area contributed by atoms with Crippen LogP contribution in [0.4, 0.5) is 0 Å². The van der Waals surface area contributed by atoms with Crippen molar-refractivity contribution in [2.75, 3.05) is 19.8 Å². The van der Waals surface area contributed by atoms with Crippen molar-refractivity contribution in [3.8, 4) is 0 Å². The Morgan fingerprint density at radius 3 is 2.14 bits per heavy atom. The molecule has 0 radical (unpaired) electrons. The van der Waals surface area contributed by atoms with Crippen molar-refractivity contribution in [3.63, 3.8) is 0 Å². The van der Waals surface area contributed by atoms with E-state index in [1.165, 1.54) is 0 Å². The van der Waals surface area contributed by atoms with Gasteiger partial charge in [-0.1, -0.05) is 0 Å². The molecule has 0 aromatic carbocycles. The van der Waals surface area contributed by atoms with E-state index in [-0.39, 0.29) is 0 Å². The van der Waals surface area contributed by atoms with Crippen LogP contribution in [0.3, 0.4) is 0 Å². The fraction of sp³-hybridized carbons (Fsp3) is 0.875.